The van der Waals surface area contributed by atoms with E-state index in [1.54, 1.807) is 0 Å². The minimum absolute atomic E-state index is 0.278. The van der Waals surface area contributed by atoms with Gasteiger partial charge in [-0.3, -0.25) is 0 Å². The minimum atomic E-state index is -4.31. The molecule has 1 fully saturated rings. The molecule has 0 spiro atoms. The SMILES string of the molecule is Cc1nc(C2CCOC2)cc(N(C)Cc2ccc(C(F)(F)F)cc2)n1. The lowest BCUT2D eigenvalue weighted by molar-refractivity contribution is -0.137. The van der Waals surface area contributed by atoms with Crippen molar-refractivity contribution in [1.82, 2.24) is 9.97 Å². The Balaban J connectivity index is 1.75. The molecule has 0 radical (unpaired) electrons. The van der Waals surface area contributed by atoms with Crippen LogP contribution in [0.5, 0.6) is 0 Å². The van der Waals surface area contributed by atoms with Crippen LogP contribution in [0.1, 0.15) is 35.0 Å². The van der Waals surface area contributed by atoms with E-state index in [9.17, 15) is 13.2 Å². The van der Waals surface area contributed by atoms with Gasteiger partial charge in [0.15, 0.2) is 0 Å². The van der Waals surface area contributed by atoms with Crippen LogP contribution in [-0.2, 0) is 17.5 Å². The molecule has 1 aliphatic heterocycles. The van der Waals surface area contributed by atoms with E-state index in [4.69, 9.17) is 4.74 Å². The number of aryl methyl sites for hydroxylation is 1. The molecule has 25 heavy (non-hydrogen) atoms. The highest BCUT2D eigenvalue weighted by molar-refractivity contribution is 5.41. The first-order valence-corrected chi connectivity index (χ1v) is 8.13. The third kappa shape index (κ3) is 4.28. The molecule has 1 saturated heterocycles. The molecule has 2 aromatic rings. The van der Waals surface area contributed by atoms with Crippen LogP contribution < -0.4 is 4.90 Å². The summed E-state index contributed by atoms with van der Waals surface area (Å²) in [5, 5.41) is 0. The number of hydrogen-bond acceptors (Lipinski definition) is 4. The van der Waals surface area contributed by atoms with Gasteiger partial charge in [-0.25, -0.2) is 9.97 Å². The molecule has 1 unspecified atom stereocenters. The molecule has 4 nitrogen and oxygen atoms in total. The van der Waals surface area contributed by atoms with Crippen LogP contribution in [0.4, 0.5) is 19.0 Å². The van der Waals surface area contributed by atoms with Crippen molar-refractivity contribution in [3.05, 3.63) is 53.0 Å². The van der Waals surface area contributed by atoms with Crippen molar-refractivity contribution >= 4 is 5.82 Å². The van der Waals surface area contributed by atoms with E-state index < -0.39 is 11.7 Å². The lowest BCUT2D eigenvalue weighted by atomic mass is 10.0. The fourth-order valence-corrected chi connectivity index (χ4v) is 2.90. The van der Waals surface area contributed by atoms with Crippen molar-refractivity contribution in [3.8, 4) is 0 Å². The van der Waals surface area contributed by atoms with Crippen molar-refractivity contribution in [2.24, 2.45) is 0 Å². The maximum atomic E-state index is 12.6. The van der Waals surface area contributed by atoms with Gasteiger partial charge in [0.2, 0.25) is 0 Å². The van der Waals surface area contributed by atoms with Gasteiger partial charge in [-0.05, 0) is 31.0 Å². The summed E-state index contributed by atoms with van der Waals surface area (Å²) in [7, 11) is 1.87. The first-order chi connectivity index (χ1) is 11.8. The second-order valence-electron chi connectivity index (χ2n) is 6.31. The largest absolute Gasteiger partial charge is 0.416 e. The molecule has 1 atom stereocenters. The average molecular weight is 351 g/mol. The van der Waals surface area contributed by atoms with Gasteiger partial charge in [-0.2, -0.15) is 13.2 Å². The number of halogens is 3. The number of hydrogen-bond donors (Lipinski definition) is 0. The lowest BCUT2D eigenvalue weighted by Gasteiger charge is -2.20. The van der Waals surface area contributed by atoms with E-state index in [-0.39, 0.29) is 5.92 Å². The Bertz CT molecular complexity index is 725. The molecule has 134 valence electrons. The second kappa shape index (κ2) is 7.00. The third-order valence-corrected chi connectivity index (χ3v) is 4.28. The maximum absolute atomic E-state index is 12.6. The van der Waals surface area contributed by atoms with Gasteiger partial charge in [0.1, 0.15) is 11.6 Å². The Hall–Kier alpha value is -2.15. The predicted octanol–water partition coefficient (Wildman–Crippen LogP) is 3.94. The molecular weight excluding hydrogens is 331 g/mol. The van der Waals surface area contributed by atoms with Crippen molar-refractivity contribution in [1.29, 1.82) is 0 Å². The van der Waals surface area contributed by atoms with E-state index in [1.807, 2.05) is 24.9 Å². The zero-order valence-electron chi connectivity index (χ0n) is 14.2. The summed E-state index contributed by atoms with van der Waals surface area (Å²) in [6.45, 7) is 3.72. The Kier molecular flexibility index (Phi) is 4.94. The van der Waals surface area contributed by atoms with Crippen LogP contribution in [0, 0.1) is 6.92 Å². The van der Waals surface area contributed by atoms with Crippen LogP contribution in [-0.4, -0.2) is 30.2 Å². The smallest absolute Gasteiger partial charge is 0.381 e. The molecule has 0 saturated carbocycles. The number of aromatic nitrogens is 2. The summed E-state index contributed by atoms with van der Waals surface area (Å²) in [6.07, 6.45) is -3.37. The maximum Gasteiger partial charge on any atom is 0.416 e. The number of benzene rings is 1. The van der Waals surface area contributed by atoms with Gasteiger partial charge in [0.05, 0.1) is 17.9 Å². The zero-order valence-corrected chi connectivity index (χ0v) is 14.2. The number of rotatable bonds is 4. The summed E-state index contributed by atoms with van der Waals surface area (Å²) >= 11 is 0. The summed E-state index contributed by atoms with van der Waals surface area (Å²) < 4.78 is 43.4. The van der Waals surface area contributed by atoms with Crippen molar-refractivity contribution in [2.75, 3.05) is 25.2 Å². The molecule has 3 rings (SSSR count). The van der Waals surface area contributed by atoms with Crippen LogP contribution in [0.2, 0.25) is 0 Å². The van der Waals surface area contributed by atoms with Crippen molar-refractivity contribution in [3.63, 3.8) is 0 Å². The highest BCUT2D eigenvalue weighted by Crippen LogP contribution is 2.30. The van der Waals surface area contributed by atoms with Gasteiger partial charge in [0, 0.05) is 32.2 Å². The number of ether oxygens (including phenoxy) is 1. The standard InChI is InChI=1S/C18H20F3N3O/c1-12-22-16(14-7-8-25-11-14)9-17(23-12)24(2)10-13-3-5-15(6-4-13)18(19,20)21/h3-6,9,14H,7-8,10-11H2,1-2H3. The predicted molar refractivity (Wildman–Crippen MR) is 88.5 cm³/mol. The Morgan fingerprint density at radius 3 is 2.52 bits per heavy atom. The van der Waals surface area contributed by atoms with Gasteiger partial charge in [0.25, 0.3) is 0 Å². The number of alkyl halides is 3. The molecule has 1 aliphatic rings. The summed E-state index contributed by atoms with van der Waals surface area (Å²) in [5.74, 6) is 1.72. The molecule has 0 aliphatic carbocycles. The number of anilines is 1. The van der Waals surface area contributed by atoms with E-state index >= 15 is 0 Å². The van der Waals surface area contributed by atoms with E-state index in [2.05, 4.69) is 9.97 Å². The lowest BCUT2D eigenvalue weighted by Crippen LogP contribution is -2.19. The molecule has 0 bridgehead atoms. The zero-order chi connectivity index (χ0) is 18.0. The van der Waals surface area contributed by atoms with Gasteiger partial charge in [-0.1, -0.05) is 12.1 Å². The molecule has 7 heteroatoms. The topological polar surface area (TPSA) is 38.2 Å². The molecule has 0 N–H and O–H groups in total. The highest BCUT2D eigenvalue weighted by Gasteiger charge is 2.30. The van der Waals surface area contributed by atoms with Crippen molar-refractivity contribution in [2.45, 2.75) is 32.0 Å². The van der Waals surface area contributed by atoms with Crippen LogP contribution in [0.3, 0.4) is 0 Å². The Morgan fingerprint density at radius 1 is 1.20 bits per heavy atom. The summed E-state index contributed by atoms with van der Waals surface area (Å²) in [4.78, 5) is 10.9. The van der Waals surface area contributed by atoms with E-state index in [0.717, 1.165) is 42.2 Å². The van der Waals surface area contributed by atoms with E-state index in [1.165, 1.54) is 12.1 Å². The second-order valence-corrected chi connectivity index (χ2v) is 6.31. The van der Waals surface area contributed by atoms with Gasteiger partial charge < -0.3 is 9.64 Å². The quantitative estimate of drug-likeness (QED) is 0.836. The molecule has 1 aromatic carbocycles. The highest BCUT2D eigenvalue weighted by atomic mass is 19.4. The monoisotopic (exact) mass is 351 g/mol. The first-order valence-electron chi connectivity index (χ1n) is 8.13. The first kappa shape index (κ1) is 17.7. The number of nitrogens with zero attached hydrogens (tertiary/aromatic N) is 3. The molecular formula is C18H20F3N3O. The normalized spacial score (nSPS) is 17.7. The molecule has 1 aromatic heterocycles. The summed E-state index contributed by atoms with van der Waals surface area (Å²) in [6, 6.07) is 7.15. The fourth-order valence-electron chi connectivity index (χ4n) is 2.90. The Morgan fingerprint density at radius 2 is 1.92 bits per heavy atom. The van der Waals surface area contributed by atoms with Crippen LogP contribution in [0.25, 0.3) is 0 Å². The van der Waals surface area contributed by atoms with Gasteiger partial charge >= 0.3 is 6.18 Å². The van der Waals surface area contributed by atoms with E-state index in [0.29, 0.717) is 19.0 Å². The van der Waals surface area contributed by atoms with Crippen LogP contribution >= 0.6 is 0 Å². The fraction of sp³-hybridized carbons (Fsp3) is 0.444. The molecule has 2 heterocycles. The Labute approximate surface area is 144 Å². The third-order valence-electron chi connectivity index (χ3n) is 4.28. The molecule has 0 amide bonds. The van der Waals surface area contributed by atoms with Gasteiger partial charge in [-0.15, -0.1) is 0 Å². The van der Waals surface area contributed by atoms with Crippen LogP contribution in [0.15, 0.2) is 30.3 Å². The summed E-state index contributed by atoms with van der Waals surface area (Å²) in [5.41, 5.74) is 1.11. The van der Waals surface area contributed by atoms with Crippen molar-refractivity contribution < 1.29 is 17.9 Å². The average Bonchev–Trinajstić information content (AvgIpc) is 3.08. The minimum Gasteiger partial charge on any atom is -0.381 e.